The van der Waals surface area contributed by atoms with Crippen LogP contribution in [0.15, 0.2) is 131 Å². The van der Waals surface area contributed by atoms with Crippen LogP contribution in [0.5, 0.6) is 0 Å². The topological polar surface area (TPSA) is 16.4 Å². The molecule has 0 N–H and O–H groups in total. The van der Waals surface area contributed by atoms with Gasteiger partial charge in [-0.3, -0.25) is 0 Å². The maximum atomic E-state index is 10.8. The van der Waals surface area contributed by atoms with E-state index >= 15 is 0 Å². The number of nitrogens with zero attached hydrogens (tertiary/aromatic N) is 1. The van der Waals surface area contributed by atoms with Crippen molar-refractivity contribution in [3.63, 3.8) is 0 Å². The summed E-state index contributed by atoms with van der Waals surface area (Å²) in [6.45, 7) is 32.7. The van der Waals surface area contributed by atoms with Crippen molar-refractivity contribution >= 4 is 49.8 Å². The number of para-hydroxylation sites is 1. The van der Waals surface area contributed by atoms with Crippen LogP contribution in [0.2, 0.25) is 0 Å². The molecule has 0 bridgehead atoms. The minimum Gasteiger partial charge on any atom is -0.455 e. The first-order valence-corrected chi connectivity index (χ1v) is 25.6. The van der Waals surface area contributed by atoms with E-state index in [1.54, 1.807) is 69.2 Å². The standard InChI is InChI=1S/C73H75NO/c1-40-32-33-54-58(35-40)70-67(50(11)65(54)64-48(9)55(52-27-21-19-22-28-52)38-57(49(64)10)56-36-41(2)34-43(4)45(56)6)66-47(8)46(7)61(39-62(66)75-70)74(53-29-23-20-24-30-53)69-44(5)37-59-63-42(3)26-25-31-60(63)73(71(13,14)15,72(16,17)18)68(59)51(69)12/h19-39H,1-18H3/i19D,20D,21D,22D,23D,24D,25D,26D,27D,28D,29D,30D,31D,32D,33D,34D,35D,36D,37D,38D,39D. The van der Waals surface area contributed by atoms with E-state index in [0.29, 0.717) is 83.1 Å². The molecule has 1 aromatic heterocycles. The maximum absolute atomic E-state index is 10.8. The molecule has 0 atom stereocenters. The van der Waals surface area contributed by atoms with Crippen LogP contribution in [-0.4, -0.2) is 0 Å². The lowest BCUT2D eigenvalue weighted by molar-refractivity contribution is 0.0944. The van der Waals surface area contributed by atoms with Crippen LogP contribution in [0.1, 0.15) is 148 Å². The van der Waals surface area contributed by atoms with Gasteiger partial charge in [-0.15, -0.1) is 0 Å². The highest BCUT2D eigenvalue weighted by molar-refractivity contribution is 6.23. The molecule has 0 aliphatic heterocycles. The molecule has 1 heterocycles. The highest BCUT2D eigenvalue weighted by atomic mass is 16.3. The summed E-state index contributed by atoms with van der Waals surface area (Å²) in [5.74, 6) is 0. The van der Waals surface area contributed by atoms with Gasteiger partial charge in [0, 0.05) is 33.3 Å². The predicted octanol–water partition coefficient (Wildman–Crippen LogP) is 21.3. The van der Waals surface area contributed by atoms with Gasteiger partial charge in [0.25, 0.3) is 0 Å². The second-order valence-electron chi connectivity index (χ2n) is 22.8. The molecule has 75 heavy (non-hydrogen) atoms. The molecule has 11 rings (SSSR count). The fourth-order valence-electron chi connectivity index (χ4n) is 13.3. The van der Waals surface area contributed by atoms with Gasteiger partial charge in [-0.2, -0.15) is 0 Å². The summed E-state index contributed by atoms with van der Waals surface area (Å²) in [4.78, 5) is 1.46. The third-order valence-electron chi connectivity index (χ3n) is 16.3. The van der Waals surface area contributed by atoms with Crippen molar-refractivity contribution in [3.05, 3.63) is 205 Å². The van der Waals surface area contributed by atoms with E-state index < -0.39 is 76.7 Å². The number of hydrogen-bond donors (Lipinski definition) is 0. The number of hydrogen-bond acceptors (Lipinski definition) is 2. The van der Waals surface area contributed by atoms with E-state index in [2.05, 4.69) is 0 Å². The second kappa shape index (κ2) is 17.5. The SMILES string of the molecule is [2H]c1c([2H])c([2H])c(-c2c([2H])c(-c3c([2H])c(C)c([2H])c(C)c3C)c(C)c(-c3c(C)c4c(oc5c([2H])c(N(c6c([2H])c([2H])c([2H])c([2H])c6[2H])c6c(C)c([2H])c7c(c6C)C(C(C)(C)C)(C(C)(C)C)c6c([2H])c([2H])c([2H])c(C)c6-7)c(C)c(C)c54)c4c([2H])c(C)c([2H])c([2H])c34)c2C)c([2H])c1[2H]. The van der Waals surface area contributed by atoms with Crippen LogP contribution < -0.4 is 4.90 Å². The molecule has 0 radical (unpaired) electrons. The fourth-order valence-corrected chi connectivity index (χ4v) is 13.3. The van der Waals surface area contributed by atoms with E-state index in [0.717, 1.165) is 0 Å². The number of fused-ring (bicyclic) bond motifs is 8. The molecule has 10 aromatic rings. The minimum atomic E-state index is -1.22. The number of benzene rings is 9. The Balaban J connectivity index is 1.38. The average molecular weight is 1000 g/mol. The van der Waals surface area contributed by atoms with Crippen LogP contribution in [0.4, 0.5) is 17.1 Å². The molecule has 2 heteroatoms. The van der Waals surface area contributed by atoms with Crippen molar-refractivity contribution < 1.29 is 33.2 Å². The van der Waals surface area contributed by atoms with Crippen LogP contribution in [0.25, 0.3) is 77.2 Å². The van der Waals surface area contributed by atoms with Crippen LogP contribution in [0, 0.1) is 93.9 Å². The molecule has 378 valence electrons. The van der Waals surface area contributed by atoms with E-state index in [1.807, 2.05) is 48.5 Å². The highest BCUT2D eigenvalue weighted by Crippen LogP contribution is 2.67. The summed E-state index contributed by atoms with van der Waals surface area (Å²) in [5.41, 5.74) is 3.70. The van der Waals surface area contributed by atoms with Crippen molar-refractivity contribution in [2.24, 2.45) is 10.8 Å². The third-order valence-corrected chi connectivity index (χ3v) is 16.3. The lowest BCUT2D eigenvalue weighted by Crippen LogP contribution is -2.50. The molecule has 1 aliphatic carbocycles. The van der Waals surface area contributed by atoms with Crippen molar-refractivity contribution in [1.29, 1.82) is 0 Å². The zero-order valence-corrected chi connectivity index (χ0v) is 46.4. The second-order valence-corrected chi connectivity index (χ2v) is 22.8. The van der Waals surface area contributed by atoms with Crippen LogP contribution in [-0.2, 0) is 5.41 Å². The van der Waals surface area contributed by atoms with E-state index in [4.69, 9.17) is 11.3 Å². The molecule has 0 unspecified atom stereocenters. The van der Waals surface area contributed by atoms with Gasteiger partial charge in [0.05, 0.1) is 40.2 Å². The number of aryl methyl sites for hydroxylation is 2. The largest absolute Gasteiger partial charge is 0.455 e. The van der Waals surface area contributed by atoms with Crippen molar-refractivity contribution in [3.8, 4) is 44.5 Å². The Kier molecular flexibility index (Phi) is 7.22. The van der Waals surface area contributed by atoms with E-state index in [-0.39, 0.29) is 156 Å². The van der Waals surface area contributed by atoms with Gasteiger partial charge in [0.1, 0.15) is 11.2 Å². The smallest absolute Gasteiger partial charge is 0.143 e. The van der Waals surface area contributed by atoms with Gasteiger partial charge >= 0.3 is 0 Å². The summed E-state index contributed by atoms with van der Waals surface area (Å²) in [5, 5.41) is 0.764. The summed E-state index contributed by atoms with van der Waals surface area (Å²) in [6.07, 6.45) is 0. The van der Waals surface area contributed by atoms with Crippen molar-refractivity contribution in [2.45, 2.75) is 130 Å². The first kappa shape index (κ1) is 31.0. The molecule has 0 saturated heterocycles. The molecule has 0 spiro atoms. The van der Waals surface area contributed by atoms with Crippen molar-refractivity contribution in [1.82, 2.24) is 0 Å². The van der Waals surface area contributed by atoms with Gasteiger partial charge in [-0.1, -0.05) is 143 Å². The molecule has 9 aromatic carbocycles. The van der Waals surface area contributed by atoms with Gasteiger partial charge in [-0.05, 0) is 241 Å². The minimum absolute atomic E-state index is 0.00872. The van der Waals surface area contributed by atoms with Gasteiger partial charge in [0.2, 0.25) is 0 Å². The monoisotopic (exact) mass is 1000 g/mol. The van der Waals surface area contributed by atoms with Gasteiger partial charge in [0.15, 0.2) is 0 Å². The van der Waals surface area contributed by atoms with Crippen LogP contribution >= 0.6 is 0 Å². The third kappa shape index (κ3) is 7.18. The van der Waals surface area contributed by atoms with Crippen molar-refractivity contribution in [2.75, 3.05) is 4.90 Å². The Morgan fingerprint density at radius 2 is 1.08 bits per heavy atom. The Morgan fingerprint density at radius 1 is 0.440 bits per heavy atom. The molecule has 1 aliphatic rings. The quantitative estimate of drug-likeness (QED) is 0.165. The van der Waals surface area contributed by atoms with Gasteiger partial charge < -0.3 is 9.32 Å². The van der Waals surface area contributed by atoms with E-state index in [1.165, 1.54) is 11.8 Å². The maximum Gasteiger partial charge on any atom is 0.143 e. The average Bonchev–Trinajstić information content (AvgIpc) is 1.47. The molecule has 0 saturated carbocycles. The molecule has 2 nitrogen and oxygen atoms in total. The zero-order chi connectivity index (χ0) is 71.8. The highest BCUT2D eigenvalue weighted by Gasteiger charge is 2.59. The lowest BCUT2D eigenvalue weighted by atomic mass is 9.49. The van der Waals surface area contributed by atoms with Crippen LogP contribution in [0.3, 0.4) is 0 Å². The normalized spacial score (nSPS) is 17.2. The number of rotatable bonds is 6. The molecular formula is C73H75NO. The summed E-state index contributed by atoms with van der Waals surface area (Å²) in [7, 11) is 0. The first-order chi connectivity index (χ1) is 44.3. The number of furan rings is 1. The lowest BCUT2D eigenvalue weighted by Gasteiger charge is -2.54. The Bertz CT molecular complexity index is 5090. The molecule has 0 amide bonds. The summed E-state index contributed by atoms with van der Waals surface area (Å²) >= 11 is 0. The van der Waals surface area contributed by atoms with E-state index in [9.17, 15) is 21.9 Å². The Hall–Kier alpha value is -7.16. The molecular weight excluding hydrogens is 907 g/mol. The van der Waals surface area contributed by atoms with Gasteiger partial charge in [-0.25, -0.2) is 0 Å². The summed E-state index contributed by atoms with van der Waals surface area (Å²) in [6, 6.07) is -8.61. The molecule has 0 fully saturated rings. The first-order valence-electron chi connectivity index (χ1n) is 36.1. The summed E-state index contributed by atoms with van der Waals surface area (Å²) < 4.78 is 207. The predicted molar refractivity (Wildman–Crippen MR) is 324 cm³/mol. The number of anilines is 3. The Morgan fingerprint density at radius 3 is 1.75 bits per heavy atom. The zero-order valence-electron chi connectivity index (χ0n) is 67.4. The fraction of sp³-hybridized carbons (Fsp3) is 0.288. The Labute approximate surface area is 477 Å².